The van der Waals surface area contributed by atoms with Gasteiger partial charge in [0, 0.05) is 11.5 Å². The SMILES string of the molecule is CN1CCC(C(=O)O)CC1C1(c2ccccc2)CC1. The van der Waals surface area contributed by atoms with E-state index in [-0.39, 0.29) is 11.3 Å². The van der Waals surface area contributed by atoms with Gasteiger partial charge in [0.2, 0.25) is 0 Å². The molecule has 1 aromatic rings. The summed E-state index contributed by atoms with van der Waals surface area (Å²) in [6, 6.07) is 11.0. The number of aliphatic carboxylic acids is 1. The van der Waals surface area contributed by atoms with Crippen molar-refractivity contribution in [1.29, 1.82) is 0 Å². The monoisotopic (exact) mass is 259 g/mol. The number of carboxylic acids is 1. The Kier molecular flexibility index (Phi) is 3.09. The second-order valence-electron chi connectivity index (χ2n) is 6.08. The molecule has 3 heteroatoms. The first-order valence-corrected chi connectivity index (χ1v) is 7.12. The quantitative estimate of drug-likeness (QED) is 0.906. The number of hydrogen-bond acceptors (Lipinski definition) is 2. The largest absolute Gasteiger partial charge is 0.481 e. The molecule has 1 aliphatic carbocycles. The summed E-state index contributed by atoms with van der Waals surface area (Å²) in [7, 11) is 2.14. The molecular formula is C16H21NO2. The summed E-state index contributed by atoms with van der Waals surface area (Å²) in [5.41, 5.74) is 1.60. The van der Waals surface area contributed by atoms with E-state index >= 15 is 0 Å². The van der Waals surface area contributed by atoms with Crippen LogP contribution in [0.25, 0.3) is 0 Å². The highest BCUT2D eigenvalue weighted by Crippen LogP contribution is 2.54. The van der Waals surface area contributed by atoms with Gasteiger partial charge in [0.05, 0.1) is 5.92 Å². The van der Waals surface area contributed by atoms with Gasteiger partial charge in [0.15, 0.2) is 0 Å². The molecule has 0 amide bonds. The van der Waals surface area contributed by atoms with Crippen molar-refractivity contribution in [2.75, 3.05) is 13.6 Å². The lowest BCUT2D eigenvalue weighted by Crippen LogP contribution is -2.48. The van der Waals surface area contributed by atoms with E-state index in [2.05, 4.69) is 36.2 Å². The number of likely N-dealkylation sites (tertiary alicyclic amines) is 1. The average molecular weight is 259 g/mol. The lowest BCUT2D eigenvalue weighted by molar-refractivity contribution is -0.144. The molecule has 0 spiro atoms. The van der Waals surface area contributed by atoms with Crippen molar-refractivity contribution in [2.24, 2.45) is 5.92 Å². The Hall–Kier alpha value is -1.35. The molecule has 1 saturated heterocycles. The van der Waals surface area contributed by atoms with Gasteiger partial charge in [0.1, 0.15) is 0 Å². The second-order valence-corrected chi connectivity index (χ2v) is 6.08. The Labute approximate surface area is 114 Å². The van der Waals surface area contributed by atoms with Gasteiger partial charge in [0.25, 0.3) is 0 Å². The van der Waals surface area contributed by atoms with Crippen LogP contribution in [-0.4, -0.2) is 35.6 Å². The summed E-state index contributed by atoms with van der Waals surface area (Å²) >= 11 is 0. The number of benzene rings is 1. The number of carboxylic acid groups (broad SMARTS) is 1. The van der Waals surface area contributed by atoms with Crippen LogP contribution in [0.15, 0.2) is 30.3 Å². The minimum absolute atomic E-state index is 0.164. The predicted molar refractivity (Wildman–Crippen MR) is 74.1 cm³/mol. The minimum atomic E-state index is -0.623. The first-order chi connectivity index (χ1) is 9.13. The Bertz CT molecular complexity index is 467. The fourth-order valence-electron chi connectivity index (χ4n) is 3.67. The molecule has 0 radical (unpaired) electrons. The summed E-state index contributed by atoms with van der Waals surface area (Å²) in [6.07, 6.45) is 3.96. The van der Waals surface area contributed by atoms with Gasteiger partial charge in [-0.2, -0.15) is 0 Å². The van der Waals surface area contributed by atoms with Crippen LogP contribution in [0.4, 0.5) is 0 Å². The summed E-state index contributed by atoms with van der Waals surface area (Å²) in [5, 5.41) is 9.28. The third-order valence-corrected chi connectivity index (χ3v) is 4.99. The molecule has 2 unspecified atom stereocenters. The number of piperidine rings is 1. The second kappa shape index (κ2) is 4.64. The van der Waals surface area contributed by atoms with Crippen molar-refractivity contribution >= 4 is 5.97 Å². The molecule has 102 valence electrons. The molecule has 2 aliphatic rings. The van der Waals surface area contributed by atoms with E-state index < -0.39 is 5.97 Å². The molecule has 3 nitrogen and oxygen atoms in total. The molecule has 19 heavy (non-hydrogen) atoms. The minimum Gasteiger partial charge on any atom is -0.481 e. The molecule has 1 heterocycles. The zero-order valence-electron chi connectivity index (χ0n) is 11.4. The molecule has 1 N–H and O–H groups in total. The molecule has 3 rings (SSSR count). The fraction of sp³-hybridized carbons (Fsp3) is 0.562. The number of hydrogen-bond donors (Lipinski definition) is 1. The first-order valence-electron chi connectivity index (χ1n) is 7.12. The molecule has 2 fully saturated rings. The van der Waals surface area contributed by atoms with E-state index in [1.165, 1.54) is 18.4 Å². The maximum atomic E-state index is 11.3. The Morgan fingerprint density at radius 2 is 2.00 bits per heavy atom. The van der Waals surface area contributed by atoms with Gasteiger partial charge in [-0.3, -0.25) is 4.79 Å². The Morgan fingerprint density at radius 1 is 1.32 bits per heavy atom. The predicted octanol–water partition coefficient (Wildman–Crippen LogP) is 2.51. The van der Waals surface area contributed by atoms with E-state index in [9.17, 15) is 9.90 Å². The van der Waals surface area contributed by atoms with E-state index in [1.54, 1.807) is 0 Å². The zero-order valence-corrected chi connectivity index (χ0v) is 11.4. The highest BCUT2D eigenvalue weighted by molar-refractivity contribution is 5.70. The molecule has 1 saturated carbocycles. The molecule has 1 aromatic carbocycles. The number of rotatable bonds is 3. The topological polar surface area (TPSA) is 40.5 Å². The Balaban J connectivity index is 1.86. The normalized spacial score (nSPS) is 29.9. The Morgan fingerprint density at radius 3 is 2.58 bits per heavy atom. The molecule has 0 aromatic heterocycles. The van der Waals surface area contributed by atoms with Crippen molar-refractivity contribution < 1.29 is 9.90 Å². The van der Waals surface area contributed by atoms with Crippen molar-refractivity contribution in [3.05, 3.63) is 35.9 Å². The van der Waals surface area contributed by atoms with E-state index in [1.807, 2.05) is 6.07 Å². The van der Waals surface area contributed by atoms with Crippen LogP contribution in [0.1, 0.15) is 31.2 Å². The van der Waals surface area contributed by atoms with Gasteiger partial charge in [-0.1, -0.05) is 30.3 Å². The summed E-state index contributed by atoms with van der Waals surface area (Å²) in [6.45, 7) is 0.899. The fourth-order valence-corrected chi connectivity index (χ4v) is 3.67. The number of nitrogens with zero attached hydrogens (tertiary/aromatic N) is 1. The number of carbonyl (C=O) groups is 1. The van der Waals surface area contributed by atoms with Gasteiger partial charge in [-0.15, -0.1) is 0 Å². The summed E-state index contributed by atoms with van der Waals surface area (Å²) < 4.78 is 0. The zero-order chi connectivity index (χ0) is 13.5. The van der Waals surface area contributed by atoms with Crippen LogP contribution in [0.5, 0.6) is 0 Å². The maximum absolute atomic E-state index is 11.3. The van der Waals surface area contributed by atoms with Crippen LogP contribution >= 0.6 is 0 Å². The molecule has 2 atom stereocenters. The van der Waals surface area contributed by atoms with Crippen LogP contribution in [0, 0.1) is 5.92 Å². The van der Waals surface area contributed by atoms with Crippen molar-refractivity contribution in [2.45, 2.75) is 37.1 Å². The van der Waals surface area contributed by atoms with Gasteiger partial charge in [-0.25, -0.2) is 0 Å². The van der Waals surface area contributed by atoms with E-state index in [4.69, 9.17) is 0 Å². The van der Waals surface area contributed by atoms with Gasteiger partial charge >= 0.3 is 5.97 Å². The lowest BCUT2D eigenvalue weighted by Gasteiger charge is -2.41. The molecular weight excluding hydrogens is 238 g/mol. The number of likely N-dealkylation sites (N-methyl/N-ethyl adjacent to an activating group) is 1. The maximum Gasteiger partial charge on any atom is 0.306 e. The smallest absolute Gasteiger partial charge is 0.306 e. The highest BCUT2D eigenvalue weighted by atomic mass is 16.4. The van der Waals surface area contributed by atoms with Crippen LogP contribution < -0.4 is 0 Å². The van der Waals surface area contributed by atoms with Crippen LogP contribution in [0.2, 0.25) is 0 Å². The summed E-state index contributed by atoms with van der Waals surface area (Å²) in [5.74, 6) is -0.788. The highest BCUT2D eigenvalue weighted by Gasteiger charge is 2.53. The summed E-state index contributed by atoms with van der Waals surface area (Å²) in [4.78, 5) is 13.6. The van der Waals surface area contributed by atoms with E-state index in [0.717, 1.165) is 19.4 Å². The van der Waals surface area contributed by atoms with Crippen molar-refractivity contribution in [3.8, 4) is 0 Å². The van der Waals surface area contributed by atoms with Crippen LogP contribution in [-0.2, 0) is 10.2 Å². The average Bonchev–Trinajstić information content (AvgIpc) is 3.21. The van der Waals surface area contributed by atoms with Crippen molar-refractivity contribution in [1.82, 2.24) is 4.90 Å². The van der Waals surface area contributed by atoms with Gasteiger partial charge in [-0.05, 0) is 44.8 Å². The molecule has 0 bridgehead atoms. The third kappa shape index (κ3) is 2.16. The van der Waals surface area contributed by atoms with E-state index in [0.29, 0.717) is 6.04 Å². The lowest BCUT2D eigenvalue weighted by atomic mass is 9.78. The van der Waals surface area contributed by atoms with Crippen molar-refractivity contribution in [3.63, 3.8) is 0 Å². The van der Waals surface area contributed by atoms with Gasteiger partial charge < -0.3 is 10.0 Å². The van der Waals surface area contributed by atoms with Crippen LogP contribution in [0.3, 0.4) is 0 Å². The standard InChI is InChI=1S/C16H21NO2/c1-17-10-7-12(15(18)19)11-14(17)16(8-9-16)13-5-3-2-4-6-13/h2-6,12,14H,7-11H2,1H3,(H,18,19). The first kappa shape index (κ1) is 12.7. The molecule has 1 aliphatic heterocycles. The third-order valence-electron chi connectivity index (χ3n) is 4.99.